The Kier molecular flexibility index (Phi) is 6.19. The van der Waals surface area contributed by atoms with Crippen LogP contribution in [0.5, 0.6) is 0 Å². The molecule has 134 valence electrons. The molecule has 25 heavy (non-hydrogen) atoms. The van der Waals surface area contributed by atoms with Crippen molar-refractivity contribution in [2.75, 3.05) is 32.8 Å². The number of nitrogens with one attached hydrogen (secondary N) is 1. The largest absolute Gasteiger partial charge is 0.396 e. The summed E-state index contributed by atoms with van der Waals surface area (Å²) in [4.78, 5) is 16.8. The molecule has 1 aromatic heterocycles. The lowest BCUT2D eigenvalue weighted by Crippen LogP contribution is -2.55. The predicted octanol–water partition coefficient (Wildman–Crippen LogP) is 1.55. The maximum absolute atomic E-state index is 12.5. The zero-order valence-electron chi connectivity index (χ0n) is 14.5. The molecule has 1 fully saturated rings. The molecule has 2 aromatic rings. The summed E-state index contributed by atoms with van der Waals surface area (Å²) in [6.45, 7) is 3.35. The van der Waals surface area contributed by atoms with Gasteiger partial charge in [0.1, 0.15) is 5.69 Å². The first-order valence-corrected chi connectivity index (χ1v) is 8.95. The van der Waals surface area contributed by atoms with Crippen LogP contribution in [0.2, 0.25) is 0 Å². The molecule has 6 nitrogen and oxygen atoms in total. The third-order valence-corrected chi connectivity index (χ3v) is 4.84. The number of benzene rings is 1. The van der Waals surface area contributed by atoms with Crippen molar-refractivity contribution in [2.24, 2.45) is 0 Å². The van der Waals surface area contributed by atoms with Crippen LogP contribution in [0, 0.1) is 0 Å². The molecular formula is C19H26N4O2. The van der Waals surface area contributed by atoms with E-state index in [1.54, 1.807) is 12.3 Å². The van der Waals surface area contributed by atoms with Crippen LogP contribution in [0.15, 0.2) is 42.6 Å². The van der Waals surface area contributed by atoms with Gasteiger partial charge in [-0.1, -0.05) is 30.3 Å². The molecule has 1 atom stereocenters. The Hall–Kier alpha value is -2.18. The van der Waals surface area contributed by atoms with Gasteiger partial charge in [0.15, 0.2) is 0 Å². The minimum absolute atomic E-state index is 0.00984. The van der Waals surface area contributed by atoms with Crippen molar-refractivity contribution in [3.05, 3.63) is 53.9 Å². The van der Waals surface area contributed by atoms with Crippen molar-refractivity contribution in [2.45, 2.75) is 25.3 Å². The summed E-state index contributed by atoms with van der Waals surface area (Å²) in [6, 6.07) is 12.4. The third-order valence-electron chi connectivity index (χ3n) is 4.84. The van der Waals surface area contributed by atoms with Gasteiger partial charge in [-0.05, 0) is 37.4 Å². The summed E-state index contributed by atoms with van der Waals surface area (Å²) < 4.78 is 0. The Morgan fingerprint density at radius 1 is 1.24 bits per heavy atom. The standard InChI is InChI=1S/C19H26N4O2/c24-14-9-17-15-23(19(25)18-8-10-20-21-18)13-12-22(17)11-4-7-16-5-2-1-3-6-16/h1-3,5-6,8,10,17,24H,4,7,9,11-15H2,(H,20,21)/t17-/m1/s1. The first-order valence-electron chi connectivity index (χ1n) is 8.95. The normalized spacial score (nSPS) is 18.4. The molecule has 1 aromatic carbocycles. The number of aliphatic hydroxyl groups is 1. The van der Waals surface area contributed by atoms with Gasteiger partial charge in [-0.25, -0.2) is 0 Å². The van der Waals surface area contributed by atoms with Gasteiger partial charge in [0.2, 0.25) is 0 Å². The first-order chi connectivity index (χ1) is 12.3. The minimum atomic E-state index is -0.00984. The molecule has 0 bridgehead atoms. The number of rotatable bonds is 7. The number of hydrogen-bond acceptors (Lipinski definition) is 4. The highest BCUT2D eigenvalue weighted by atomic mass is 16.3. The fourth-order valence-corrected chi connectivity index (χ4v) is 3.47. The van der Waals surface area contributed by atoms with Crippen LogP contribution in [0.1, 0.15) is 28.9 Å². The van der Waals surface area contributed by atoms with Crippen molar-refractivity contribution >= 4 is 5.91 Å². The smallest absolute Gasteiger partial charge is 0.271 e. The molecule has 1 saturated heterocycles. The number of H-pyrrole nitrogens is 1. The van der Waals surface area contributed by atoms with Gasteiger partial charge in [0, 0.05) is 38.5 Å². The zero-order valence-corrected chi connectivity index (χ0v) is 14.5. The predicted molar refractivity (Wildman–Crippen MR) is 96.3 cm³/mol. The average molecular weight is 342 g/mol. The van der Waals surface area contributed by atoms with Crippen molar-refractivity contribution < 1.29 is 9.90 Å². The fraction of sp³-hybridized carbons (Fsp3) is 0.474. The van der Waals surface area contributed by atoms with E-state index in [-0.39, 0.29) is 18.6 Å². The maximum atomic E-state index is 12.5. The van der Waals surface area contributed by atoms with Crippen LogP contribution in [-0.4, -0.2) is 69.8 Å². The van der Waals surface area contributed by atoms with E-state index in [0.717, 1.165) is 25.9 Å². The summed E-state index contributed by atoms with van der Waals surface area (Å²) in [7, 11) is 0. The van der Waals surface area contributed by atoms with Crippen LogP contribution in [-0.2, 0) is 6.42 Å². The van der Waals surface area contributed by atoms with Crippen LogP contribution >= 0.6 is 0 Å². The van der Waals surface area contributed by atoms with E-state index in [2.05, 4.69) is 39.4 Å². The number of aromatic amines is 1. The minimum Gasteiger partial charge on any atom is -0.396 e. The number of aromatic nitrogens is 2. The summed E-state index contributed by atoms with van der Waals surface area (Å²) in [5, 5.41) is 16.0. The highest BCUT2D eigenvalue weighted by Crippen LogP contribution is 2.16. The van der Waals surface area contributed by atoms with E-state index < -0.39 is 0 Å². The topological polar surface area (TPSA) is 72.5 Å². The number of hydrogen-bond donors (Lipinski definition) is 2. The highest BCUT2D eigenvalue weighted by Gasteiger charge is 2.29. The van der Waals surface area contributed by atoms with E-state index in [1.807, 2.05) is 11.0 Å². The molecule has 2 N–H and O–H groups in total. The second-order valence-corrected chi connectivity index (χ2v) is 6.51. The molecule has 1 aliphatic rings. The Balaban J connectivity index is 1.53. The number of amides is 1. The molecule has 0 unspecified atom stereocenters. The van der Waals surface area contributed by atoms with Gasteiger partial charge in [0.05, 0.1) is 0 Å². The second-order valence-electron chi connectivity index (χ2n) is 6.51. The Morgan fingerprint density at radius 3 is 2.80 bits per heavy atom. The third kappa shape index (κ3) is 4.67. The SMILES string of the molecule is O=C(c1ccn[nH]1)N1CCN(CCCc2ccccc2)[C@H](CCO)C1. The average Bonchev–Trinajstić information content (AvgIpc) is 3.18. The molecule has 6 heteroatoms. The molecule has 1 amide bonds. The van der Waals surface area contributed by atoms with Crippen molar-refractivity contribution in [3.63, 3.8) is 0 Å². The molecule has 0 saturated carbocycles. The molecule has 0 radical (unpaired) electrons. The van der Waals surface area contributed by atoms with Crippen LogP contribution in [0.3, 0.4) is 0 Å². The van der Waals surface area contributed by atoms with Gasteiger partial charge < -0.3 is 10.0 Å². The maximum Gasteiger partial charge on any atom is 0.271 e. The molecule has 0 spiro atoms. The number of aliphatic hydroxyl groups excluding tert-OH is 1. The van der Waals surface area contributed by atoms with E-state index in [9.17, 15) is 9.90 Å². The molecular weight excluding hydrogens is 316 g/mol. The molecule has 0 aliphatic carbocycles. The van der Waals surface area contributed by atoms with Gasteiger partial charge in [-0.3, -0.25) is 14.8 Å². The monoisotopic (exact) mass is 342 g/mol. The quantitative estimate of drug-likeness (QED) is 0.801. The summed E-state index contributed by atoms with van der Waals surface area (Å²) in [5.41, 5.74) is 1.88. The van der Waals surface area contributed by atoms with E-state index in [1.165, 1.54) is 5.56 Å². The summed E-state index contributed by atoms with van der Waals surface area (Å²) >= 11 is 0. The van der Waals surface area contributed by atoms with Crippen LogP contribution < -0.4 is 0 Å². The van der Waals surface area contributed by atoms with Gasteiger partial charge in [0.25, 0.3) is 5.91 Å². The van der Waals surface area contributed by atoms with E-state index >= 15 is 0 Å². The lowest BCUT2D eigenvalue weighted by atomic mass is 10.1. The highest BCUT2D eigenvalue weighted by molar-refractivity contribution is 5.92. The second kappa shape index (κ2) is 8.78. The van der Waals surface area contributed by atoms with Crippen molar-refractivity contribution in [3.8, 4) is 0 Å². The van der Waals surface area contributed by atoms with Crippen molar-refractivity contribution in [1.29, 1.82) is 0 Å². The van der Waals surface area contributed by atoms with Gasteiger partial charge >= 0.3 is 0 Å². The Labute approximate surface area is 148 Å². The fourth-order valence-electron chi connectivity index (χ4n) is 3.47. The Morgan fingerprint density at radius 2 is 2.08 bits per heavy atom. The summed E-state index contributed by atoms with van der Waals surface area (Å²) in [5.74, 6) is -0.00984. The lowest BCUT2D eigenvalue weighted by molar-refractivity contribution is 0.0414. The van der Waals surface area contributed by atoms with Gasteiger partial charge in [-0.2, -0.15) is 5.10 Å². The molecule has 2 heterocycles. The van der Waals surface area contributed by atoms with Gasteiger partial charge in [-0.15, -0.1) is 0 Å². The van der Waals surface area contributed by atoms with Crippen LogP contribution in [0.25, 0.3) is 0 Å². The Bertz CT molecular complexity index is 645. The van der Waals surface area contributed by atoms with E-state index in [0.29, 0.717) is 25.2 Å². The van der Waals surface area contributed by atoms with Crippen LogP contribution in [0.4, 0.5) is 0 Å². The number of carbonyl (C=O) groups excluding carboxylic acids is 1. The number of piperazine rings is 1. The van der Waals surface area contributed by atoms with E-state index in [4.69, 9.17) is 0 Å². The molecule has 1 aliphatic heterocycles. The number of nitrogens with zero attached hydrogens (tertiary/aromatic N) is 3. The number of carbonyl (C=O) groups is 1. The van der Waals surface area contributed by atoms with Crippen molar-refractivity contribution in [1.82, 2.24) is 20.0 Å². The first kappa shape index (κ1) is 17.6. The lowest BCUT2D eigenvalue weighted by Gasteiger charge is -2.41. The summed E-state index contributed by atoms with van der Waals surface area (Å²) in [6.07, 6.45) is 4.43. The molecule has 3 rings (SSSR count). The zero-order chi connectivity index (χ0) is 17.5. The number of aryl methyl sites for hydroxylation is 1.